The molecule has 5 atom stereocenters. The van der Waals surface area contributed by atoms with Crippen molar-refractivity contribution in [1.29, 1.82) is 0 Å². The van der Waals surface area contributed by atoms with Gasteiger partial charge < -0.3 is 10.2 Å². The lowest BCUT2D eigenvalue weighted by molar-refractivity contribution is -0.132. The average molecular weight is 373 g/mol. The molecule has 0 aliphatic heterocycles. The van der Waals surface area contributed by atoms with Crippen molar-refractivity contribution >= 4 is 11.5 Å². The summed E-state index contributed by atoms with van der Waals surface area (Å²) in [7, 11) is 1.96. The van der Waals surface area contributed by atoms with Crippen molar-refractivity contribution in [1.82, 2.24) is 5.32 Å². The van der Waals surface area contributed by atoms with Crippen LogP contribution in [-0.2, 0) is 9.63 Å². The fourth-order valence-corrected chi connectivity index (χ4v) is 6.86. The molecule has 4 aliphatic rings. The lowest BCUT2D eigenvalue weighted by Crippen LogP contribution is -2.50. The van der Waals surface area contributed by atoms with Gasteiger partial charge >= 0.3 is 0 Å². The fourth-order valence-electron chi connectivity index (χ4n) is 6.86. The first kappa shape index (κ1) is 19.2. The average Bonchev–Trinajstić information content (AvgIpc) is 2.97. The van der Waals surface area contributed by atoms with E-state index >= 15 is 0 Å². The summed E-state index contributed by atoms with van der Waals surface area (Å²) in [5.74, 6) is 2.67. The van der Waals surface area contributed by atoms with Gasteiger partial charge in [0.25, 0.3) is 0 Å². The zero-order valence-corrected chi connectivity index (χ0v) is 17.4. The Morgan fingerprint density at radius 2 is 1.93 bits per heavy atom. The van der Waals surface area contributed by atoms with E-state index in [1.165, 1.54) is 25.7 Å². The molecule has 4 aliphatic carbocycles. The van der Waals surface area contributed by atoms with Crippen LogP contribution in [0.4, 0.5) is 0 Å². The summed E-state index contributed by atoms with van der Waals surface area (Å²) < 4.78 is 0. The van der Waals surface area contributed by atoms with E-state index in [0.29, 0.717) is 23.7 Å². The molecule has 27 heavy (non-hydrogen) atoms. The van der Waals surface area contributed by atoms with E-state index in [4.69, 9.17) is 4.84 Å². The standard InChI is InChI=1S/C23H36N2O2/c1-22-11-9-17(25-27-14-4-13-24-3)15-16(22)5-6-18-19-7-8-21(26)23(19,2)12-10-20(18)22/h15,18-20,24H,4-14H2,1-3H3. The maximum absolute atomic E-state index is 12.5. The molecule has 1 N–H and O–H groups in total. The van der Waals surface area contributed by atoms with E-state index in [1.807, 2.05) is 7.05 Å². The van der Waals surface area contributed by atoms with Gasteiger partial charge in [-0.05, 0) is 94.2 Å². The van der Waals surface area contributed by atoms with Crippen LogP contribution in [0.5, 0.6) is 0 Å². The highest BCUT2D eigenvalue weighted by Crippen LogP contribution is 2.64. The molecular weight excluding hydrogens is 336 g/mol. The summed E-state index contributed by atoms with van der Waals surface area (Å²) in [5.41, 5.74) is 3.02. The number of nitrogens with one attached hydrogen (secondary N) is 1. The minimum Gasteiger partial charge on any atom is -0.396 e. The van der Waals surface area contributed by atoms with Crippen molar-refractivity contribution in [2.24, 2.45) is 33.7 Å². The van der Waals surface area contributed by atoms with E-state index in [9.17, 15) is 4.79 Å². The molecule has 5 unspecified atom stereocenters. The minimum absolute atomic E-state index is 0.0127. The topological polar surface area (TPSA) is 50.7 Å². The van der Waals surface area contributed by atoms with E-state index < -0.39 is 0 Å². The minimum atomic E-state index is -0.0127. The first-order valence-electron chi connectivity index (χ1n) is 11.1. The Balaban J connectivity index is 1.48. The Hall–Kier alpha value is -1.16. The molecular formula is C23H36N2O2. The molecule has 0 saturated heterocycles. The Morgan fingerprint density at radius 3 is 2.74 bits per heavy atom. The smallest absolute Gasteiger partial charge is 0.139 e. The van der Waals surface area contributed by atoms with Crippen LogP contribution in [0.3, 0.4) is 0 Å². The van der Waals surface area contributed by atoms with Gasteiger partial charge in [0.05, 0.1) is 5.71 Å². The highest BCUT2D eigenvalue weighted by atomic mass is 16.6. The SMILES string of the molecule is CNCCCON=C1C=C2CCC3C4CCC(=O)C4(C)CCC3C2(C)CC1. The van der Waals surface area contributed by atoms with Gasteiger partial charge in [0.1, 0.15) is 12.4 Å². The van der Waals surface area contributed by atoms with Crippen LogP contribution in [0.1, 0.15) is 71.6 Å². The number of carbonyl (C=O) groups excluding carboxylic acids is 1. The number of oxime groups is 1. The van der Waals surface area contributed by atoms with E-state index in [2.05, 4.69) is 30.4 Å². The fraction of sp³-hybridized carbons (Fsp3) is 0.826. The Morgan fingerprint density at radius 1 is 1.11 bits per heavy atom. The zero-order chi connectivity index (χ0) is 19.1. The number of nitrogens with zero attached hydrogens (tertiary/aromatic N) is 1. The third-order valence-corrected chi connectivity index (χ3v) is 8.53. The number of Topliss-reactive ketones (excluding diaryl/α,β-unsaturated/α-hetero) is 1. The van der Waals surface area contributed by atoms with Gasteiger partial charge in [0.15, 0.2) is 0 Å². The van der Waals surface area contributed by atoms with E-state index in [-0.39, 0.29) is 5.41 Å². The van der Waals surface area contributed by atoms with Crippen molar-refractivity contribution in [2.75, 3.05) is 20.2 Å². The third kappa shape index (κ3) is 3.18. The number of hydrogen-bond donors (Lipinski definition) is 1. The molecule has 0 aromatic carbocycles. The van der Waals surface area contributed by atoms with Gasteiger partial charge in [-0.1, -0.05) is 24.6 Å². The number of carbonyl (C=O) groups is 1. The molecule has 0 aromatic rings. The highest BCUT2D eigenvalue weighted by molar-refractivity contribution is 5.96. The number of allylic oxidation sites excluding steroid dienone is 2. The second-order valence-corrected chi connectivity index (χ2v) is 9.79. The molecule has 4 rings (SSSR count). The lowest BCUT2D eigenvalue weighted by atomic mass is 9.47. The maximum atomic E-state index is 12.5. The summed E-state index contributed by atoms with van der Waals surface area (Å²) in [6, 6.07) is 0. The predicted molar refractivity (Wildman–Crippen MR) is 109 cm³/mol. The molecule has 4 heteroatoms. The van der Waals surface area contributed by atoms with Crippen LogP contribution in [0.2, 0.25) is 0 Å². The van der Waals surface area contributed by atoms with Gasteiger partial charge in [-0.2, -0.15) is 0 Å². The monoisotopic (exact) mass is 372 g/mol. The second kappa shape index (κ2) is 7.35. The first-order valence-corrected chi connectivity index (χ1v) is 11.1. The largest absolute Gasteiger partial charge is 0.396 e. The van der Waals surface area contributed by atoms with Crippen LogP contribution >= 0.6 is 0 Å². The zero-order valence-electron chi connectivity index (χ0n) is 17.4. The first-order chi connectivity index (χ1) is 13.0. The summed E-state index contributed by atoms with van der Waals surface area (Å²) in [6.45, 7) is 6.42. The molecule has 0 bridgehead atoms. The summed E-state index contributed by atoms with van der Waals surface area (Å²) >= 11 is 0. The van der Waals surface area contributed by atoms with Crippen molar-refractivity contribution < 1.29 is 9.63 Å². The molecule has 150 valence electrons. The van der Waals surface area contributed by atoms with Crippen LogP contribution in [0.15, 0.2) is 16.8 Å². The van der Waals surface area contributed by atoms with Crippen LogP contribution < -0.4 is 5.32 Å². The number of fused-ring (bicyclic) bond motifs is 5. The maximum Gasteiger partial charge on any atom is 0.139 e. The molecule has 3 saturated carbocycles. The van der Waals surface area contributed by atoms with Crippen molar-refractivity contribution in [3.05, 3.63) is 11.6 Å². The number of ketones is 1. The van der Waals surface area contributed by atoms with Gasteiger partial charge in [-0.15, -0.1) is 0 Å². The van der Waals surface area contributed by atoms with Gasteiger partial charge in [0.2, 0.25) is 0 Å². The third-order valence-electron chi connectivity index (χ3n) is 8.53. The lowest BCUT2D eigenvalue weighted by Gasteiger charge is -2.57. The molecule has 3 fully saturated rings. The summed E-state index contributed by atoms with van der Waals surface area (Å²) in [6.07, 6.45) is 12.3. The molecule has 0 aromatic heterocycles. The van der Waals surface area contributed by atoms with Crippen LogP contribution in [-0.4, -0.2) is 31.7 Å². The summed E-state index contributed by atoms with van der Waals surface area (Å²) in [5, 5.41) is 7.56. The van der Waals surface area contributed by atoms with Crippen LogP contribution in [0.25, 0.3) is 0 Å². The molecule has 0 heterocycles. The summed E-state index contributed by atoms with van der Waals surface area (Å²) in [4.78, 5) is 18.1. The Labute approximate surface area is 164 Å². The van der Waals surface area contributed by atoms with Gasteiger partial charge in [0, 0.05) is 11.8 Å². The number of hydrogen-bond acceptors (Lipinski definition) is 4. The normalized spacial score (nSPS) is 42.3. The molecule has 4 nitrogen and oxygen atoms in total. The van der Waals surface area contributed by atoms with Crippen molar-refractivity contribution in [3.8, 4) is 0 Å². The van der Waals surface area contributed by atoms with Crippen LogP contribution in [0, 0.1) is 28.6 Å². The van der Waals surface area contributed by atoms with Gasteiger partial charge in [-0.3, -0.25) is 4.79 Å². The Bertz CT molecular complexity index is 655. The van der Waals surface area contributed by atoms with E-state index in [0.717, 1.165) is 56.2 Å². The molecule has 0 spiro atoms. The van der Waals surface area contributed by atoms with Crippen molar-refractivity contribution in [3.63, 3.8) is 0 Å². The molecule has 0 radical (unpaired) electrons. The quantitative estimate of drug-likeness (QED) is 0.571. The number of rotatable bonds is 5. The Kier molecular flexibility index (Phi) is 5.22. The van der Waals surface area contributed by atoms with Crippen molar-refractivity contribution in [2.45, 2.75) is 71.6 Å². The second-order valence-electron chi connectivity index (χ2n) is 9.79. The predicted octanol–water partition coefficient (Wildman–Crippen LogP) is 4.50. The highest BCUT2D eigenvalue weighted by Gasteiger charge is 2.58. The van der Waals surface area contributed by atoms with Gasteiger partial charge in [-0.25, -0.2) is 0 Å². The van der Waals surface area contributed by atoms with E-state index in [1.54, 1.807) is 5.57 Å². The molecule has 0 amide bonds.